The van der Waals surface area contributed by atoms with Crippen LogP contribution in [0.25, 0.3) is 22.2 Å². The number of amides is 1. The first-order chi connectivity index (χ1) is 15.0. The third-order valence-electron chi connectivity index (χ3n) is 5.01. The van der Waals surface area contributed by atoms with Crippen LogP contribution in [-0.4, -0.2) is 32.4 Å². The minimum atomic E-state index is -0.735. The van der Waals surface area contributed by atoms with Crippen molar-refractivity contribution in [1.29, 1.82) is 0 Å². The van der Waals surface area contributed by atoms with Crippen molar-refractivity contribution in [3.8, 4) is 11.3 Å². The number of benzene rings is 2. The maximum absolute atomic E-state index is 12.9. The number of carbonyl (C=O) groups is 1. The summed E-state index contributed by atoms with van der Waals surface area (Å²) in [7, 11) is 0. The Morgan fingerprint density at radius 2 is 1.84 bits per heavy atom. The molecule has 0 spiro atoms. The smallest absolute Gasteiger partial charge is 0.278 e. The Balaban J connectivity index is 1.45. The van der Waals surface area contributed by atoms with Gasteiger partial charge in [0.2, 0.25) is 5.91 Å². The van der Waals surface area contributed by atoms with E-state index in [1.165, 1.54) is 4.68 Å². The lowest BCUT2D eigenvalue weighted by Gasteiger charge is -2.21. The normalized spacial score (nSPS) is 12.2. The van der Waals surface area contributed by atoms with Gasteiger partial charge in [-0.2, -0.15) is 4.68 Å². The standard InChI is InChI=1S/C23H23N5O2S/c1-15(2)21(28-23(30)17-10-6-7-11-18(17)26-27-28)22(29)24-13-12-20-25-19(14-31-20)16-8-4-3-5-9-16/h3-11,14-15,21H,12-13H2,1-2H3,(H,24,29)/t21-/m0/s1. The summed E-state index contributed by atoms with van der Waals surface area (Å²) in [6.07, 6.45) is 0.617. The Kier molecular flexibility index (Phi) is 6.18. The van der Waals surface area contributed by atoms with Gasteiger partial charge in [-0.15, -0.1) is 16.4 Å². The van der Waals surface area contributed by atoms with Crippen molar-refractivity contribution in [2.24, 2.45) is 5.92 Å². The van der Waals surface area contributed by atoms with Crippen LogP contribution in [0.3, 0.4) is 0 Å². The van der Waals surface area contributed by atoms with Crippen molar-refractivity contribution in [3.05, 3.63) is 75.3 Å². The van der Waals surface area contributed by atoms with Gasteiger partial charge in [0.05, 0.1) is 16.1 Å². The van der Waals surface area contributed by atoms with E-state index in [0.29, 0.717) is 23.9 Å². The van der Waals surface area contributed by atoms with E-state index in [1.54, 1.807) is 35.6 Å². The van der Waals surface area contributed by atoms with Gasteiger partial charge < -0.3 is 5.32 Å². The maximum atomic E-state index is 12.9. The Hall–Kier alpha value is -3.39. The van der Waals surface area contributed by atoms with E-state index in [4.69, 9.17) is 0 Å². The molecule has 2 heterocycles. The first-order valence-corrected chi connectivity index (χ1v) is 11.0. The Bertz CT molecular complexity index is 1250. The SMILES string of the molecule is CC(C)[C@@H](C(=O)NCCc1nc(-c2ccccc2)cs1)n1nnc2ccccc2c1=O. The molecule has 0 bridgehead atoms. The number of fused-ring (bicyclic) bond motifs is 1. The van der Waals surface area contributed by atoms with Crippen LogP contribution < -0.4 is 10.9 Å². The number of thiazole rings is 1. The summed E-state index contributed by atoms with van der Waals surface area (Å²) in [5.74, 6) is -0.376. The van der Waals surface area contributed by atoms with Crippen LogP contribution >= 0.6 is 11.3 Å². The zero-order valence-electron chi connectivity index (χ0n) is 17.4. The maximum Gasteiger partial charge on any atom is 0.278 e. The summed E-state index contributed by atoms with van der Waals surface area (Å²) in [6, 6.07) is 16.3. The number of rotatable bonds is 7. The molecule has 1 N–H and O–H groups in total. The lowest BCUT2D eigenvalue weighted by atomic mass is 10.0. The van der Waals surface area contributed by atoms with Crippen LogP contribution in [0.2, 0.25) is 0 Å². The molecule has 2 aromatic carbocycles. The third kappa shape index (κ3) is 4.54. The number of hydrogen-bond donors (Lipinski definition) is 1. The minimum Gasteiger partial charge on any atom is -0.354 e. The second-order valence-corrected chi connectivity index (χ2v) is 8.52. The van der Waals surface area contributed by atoms with Gasteiger partial charge >= 0.3 is 0 Å². The van der Waals surface area contributed by atoms with Gasteiger partial charge in [-0.05, 0) is 18.1 Å². The third-order valence-corrected chi connectivity index (χ3v) is 5.92. The summed E-state index contributed by atoms with van der Waals surface area (Å²) < 4.78 is 1.19. The highest BCUT2D eigenvalue weighted by Gasteiger charge is 2.27. The summed E-state index contributed by atoms with van der Waals surface area (Å²) in [4.78, 5) is 30.5. The molecule has 0 aliphatic carbocycles. The predicted molar refractivity (Wildman–Crippen MR) is 122 cm³/mol. The number of hydrogen-bond acceptors (Lipinski definition) is 6. The predicted octanol–water partition coefficient (Wildman–Crippen LogP) is 3.47. The Morgan fingerprint density at radius 1 is 1.10 bits per heavy atom. The van der Waals surface area contributed by atoms with E-state index in [1.807, 2.05) is 49.6 Å². The van der Waals surface area contributed by atoms with Crippen LogP contribution in [0.1, 0.15) is 24.9 Å². The van der Waals surface area contributed by atoms with Crippen molar-refractivity contribution in [2.45, 2.75) is 26.3 Å². The average molecular weight is 434 g/mol. The van der Waals surface area contributed by atoms with Gasteiger partial charge in [0.15, 0.2) is 0 Å². The molecule has 0 saturated heterocycles. The van der Waals surface area contributed by atoms with Crippen LogP contribution in [0.15, 0.2) is 64.8 Å². The van der Waals surface area contributed by atoms with Crippen molar-refractivity contribution in [2.75, 3.05) is 6.54 Å². The van der Waals surface area contributed by atoms with Crippen LogP contribution in [0, 0.1) is 5.92 Å². The van der Waals surface area contributed by atoms with Crippen LogP contribution in [0.4, 0.5) is 0 Å². The zero-order chi connectivity index (χ0) is 21.8. The van der Waals surface area contributed by atoms with E-state index in [0.717, 1.165) is 16.3 Å². The molecule has 1 atom stereocenters. The lowest BCUT2D eigenvalue weighted by molar-refractivity contribution is -0.126. The fraction of sp³-hybridized carbons (Fsp3) is 0.261. The Morgan fingerprint density at radius 3 is 2.61 bits per heavy atom. The molecular formula is C23H23N5O2S. The second kappa shape index (κ2) is 9.18. The van der Waals surface area contributed by atoms with Crippen molar-refractivity contribution >= 4 is 28.1 Å². The van der Waals surface area contributed by atoms with Crippen LogP contribution in [-0.2, 0) is 11.2 Å². The zero-order valence-corrected chi connectivity index (χ0v) is 18.2. The van der Waals surface area contributed by atoms with Gasteiger partial charge in [-0.25, -0.2) is 4.98 Å². The van der Waals surface area contributed by atoms with Crippen LogP contribution in [0.5, 0.6) is 0 Å². The molecule has 4 rings (SSSR count). The second-order valence-electron chi connectivity index (χ2n) is 7.58. The highest BCUT2D eigenvalue weighted by molar-refractivity contribution is 7.09. The van der Waals surface area contributed by atoms with Gasteiger partial charge in [-0.3, -0.25) is 9.59 Å². The molecule has 0 aliphatic rings. The fourth-order valence-electron chi connectivity index (χ4n) is 3.44. The summed E-state index contributed by atoms with van der Waals surface area (Å²) >= 11 is 1.57. The quantitative estimate of drug-likeness (QED) is 0.482. The number of nitrogens with zero attached hydrogens (tertiary/aromatic N) is 4. The van der Waals surface area contributed by atoms with Gasteiger partial charge in [0.1, 0.15) is 11.6 Å². The van der Waals surface area contributed by atoms with Gasteiger partial charge in [0.25, 0.3) is 5.56 Å². The molecule has 2 aromatic heterocycles. The molecule has 158 valence electrons. The lowest BCUT2D eigenvalue weighted by Crippen LogP contribution is -2.42. The van der Waals surface area contributed by atoms with Crippen molar-refractivity contribution in [1.82, 2.24) is 25.3 Å². The molecule has 1 amide bonds. The molecule has 8 heteroatoms. The number of carbonyl (C=O) groups excluding carboxylic acids is 1. The molecule has 0 fully saturated rings. The highest BCUT2D eigenvalue weighted by atomic mass is 32.1. The fourth-order valence-corrected chi connectivity index (χ4v) is 4.25. The first-order valence-electron chi connectivity index (χ1n) is 10.2. The number of aromatic nitrogens is 4. The Labute approximate surface area is 183 Å². The van der Waals surface area contributed by atoms with Gasteiger partial charge in [-0.1, -0.05) is 61.5 Å². The van der Waals surface area contributed by atoms with E-state index < -0.39 is 6.04 Å². The van der Waals surface area contributed by atoms with E-state index >= 15 is 0 Å². The first kappa shape index (κ1) is 20.9. The van der Waals surface area contributed by atoms with E-state index in [-0.39, 0.29) is 17.4 Å². The largest absolute Gasteiger partial charge is 0.354 e. The topological polar surface area (TPSA) is 89.8 Å². The molecule has 0 unspecified atom stereocenters. The molecule has 0 radical (unpaired) electrons. The van der Waals surface area contributed by atoms with Crippen molar-refractivity contribution in [3.63, 3.8) is 0 Å². The summed E-state index contributed by atoms with van der Waals surface area (Å²) in [5.41, 5.74) is 2.21. The van der Waals surface area contributed by atoms with Gasteiger partial charge in [0, 0.05) is 23.9 Å². The molecule has 0 saturated carbocycles. The monoisotopic (exact) mass is 433 g/mol. The molecule has 7 nitrogen and oxygen atoms in total. The molecule has 0 aliphatic heterocycles. The molecule has 31 heavy (non-hydrogen) atoms. The summed E-state index contributed by atoms with van der Waals surface area (Å²) in [6.45, 7) is 4.21. The minimum absolute atomic E-state index is 0.127. The molecular weight excluding hydrogens is 410 g/mol. The van der Waals surface area contributed by atoms with E-state index in [9.17, 15) is 9.59 Å². The number of nitrogens with one attached hydrogen (secondary N) is 1. The molecule has 4 aromatic rings. The van der Waals surface area contributed by atoms with Crippen molar-refractivity contribution < 1.29 is 4.79 Å². The van der Waals surface area contributed by atoms with E-state index in [2.05, 4.69) is 20.6 Å². The average Bonchev–Trinajstić information content (AvgIpc) is 3.25. The summed E-state index contributed by atoms with van der Waals surface area (Å²) in [5, 5.41) is 14.5. The highest BCUT2D eigenvalue weighted by Crippen LogP contribution is 2.22.